The molecule has 0 spiro atoms. The van der Waals surface area contributed by atoms with E-state index in [1.165, 1.54) is 56.6 Å². The fourth-order valence-corrected chi connectivity index (χ4v) is 3.87. The van der Waals surface area contributed by atoms with Gasteiger partial charge < -0.3 is 26.6 Å². The summed E-state index contributed by atoms with van der Waals surface area (Å²) in [6.07, 6.45) is 2.35. The van der Waals surface area contributed by atoms with Gasteiger partial charge in [0.05, 0.1) is 26.7 Å². The average Bonchev–Trinajstić information content (AvgIpc) is 2.73. The Morgan fingerprint density at radius 2 is 1.28 bits per heavy atom. The van der Waals surface area contributed by atoms with Crippen molar-refractivity contribution in [3.05, 3.63) is 48.5 Å². The maximum absolute atomic E-state index is 5.74. The number of nitrogens with two attached hydrogens (primary N) is 2. The predicted octanol–water partition coefficient (Wildman–Crippen LogP) is 2.92. The molecule has 2 aromatic carbocycles. The second-order valence-corrected chi connectivity index (χ2v) is 8.44. The summed E-state index contributed by atoms with van der Waals surface area (Å²) < 4.78 is 1.18. The number of rotatable bonds is 10. The molecule has 1 aliphatic heterocycles. The number of anilines is 4. The van der Waals surface area contributed by atoms with Gasteiger partial charge in [-0.15, -0.1) is 0 Å². The monoisotopic (exact) mass is 397 g/mol. The molecule has 0 aromatic heterocycles. The van der Waals surface area contributed by atoms with Crippen molar-refractivity contribution in [2.24, 2.45) is 0 Å². The van der Waals surface area contributed by atoms with Gasteiger partial charge in [-0.25, -0.2) is 0 Å². The number of piperazine rings is 1. The van der Waals surface area contributed by atoms with Crippen LogP contribution in [0.25, 0.3) is 0 Å². The van der Waals surface area contributed by atoms with Crippen LogP contribution in [0, 0.1) is 0 Å². The summed E-state index contributed by atoms with van der Waals surface area (Å²) in [6.45, 7) is 9.30. The van der Waals surface area contributed by atoms with Crippen LogP contribution in [0.2, 0.25) is 0 Å². The van der Waals surface area contributed by atoms with Gasteiger partial charge in [-0.2, -0.15) is 0 Å². The van der Waals surface area contributed by atoms with Gasteiger partial charge in [-0.3, -0.25) is 4.90 Å². The summed E-state index contributed by atoms with van der Waals surface area (Å²) in [5.74, 6) is 0. The molecule has 6 heteroatoms. The molecule has 0 saturated carbocycles. The largest absolute Gasteiger partial charge is 0.399 e. The zero-order valence-corrected chi connectivity index (χ0v) is 17.7. The first-order chi connectivity index (χ1) is 14.0. The lowest BCUT2D eigenvalue weighted by atomic mass is 10.2. The van der Waals surface area contributed by atoms with Crippen LogP contribution in [0.15, 0.2) is 48.5 Å². The van der Waals surface area contributed by atoms with Crippen molar-refractivity contribution in [1.29, 1.82) is 0 Å². The summed E-state index contributed by atoms with van der Waals surface area (Å²) in [7, 11) is 2.41. The van der Waals surface area contributed by atoms with Crippen molar-refractivity contribution in [2.45, 2.75) is 12.8 Å². The third kappa shape index (κ3) is 7.15. The first-order valence-electron chi connectivity index (χ1n) is 10.8. The van der Waals surface area contributed by atoms with E-state index in [1.807, 2.05) is 48.5 Å². The number of benzene rings is 2. The Morgan fingerprint density at radius 3 is 1.79 bits per heavy atom. The summed E-state index contributed by atoms with van der Waals surface area (Å²) in [5.41, 5.74) is 15.4. The van der Waals surface area contributed by atoms with Crippen LogP contribution < -0.4 is 22.1 Å². The summed E-state index contributed by atoms with van der Waals surface area (Å²) >= 11 is 0. The van der Waals surface area contributed by atoms with Crippen LogP contribution in [-0.4, -0.2) is 68.8 Å². The van der Waals surface area contributed by atoms with E-state index in [2.05, 4.69) is 22.6 Å². The fraction of sp³-hybridized carbons (Fsp3) is 0.478. The number of nitrogens with one attached hydrogen (secondary N) is 2. The van der Waals surface area contributed by atoms with Gasteiger partial charge >= 0.3 is 0 Å². The van der Waals surface area contributed by atoms with Crippen LogP contribution in [-0.2, 0) is 0 Å². The van der Waals surface area contributed by atoms with E-state index >= 15 is 0 Å². The minimum absolute atomic E-state index is 0.811. The van der Waals surface area contributed by atoms with Crippen molar-refractivity contribution in [3.63, 3.8) is 0 Å². The molecular formula is C23H37N6+. The molecule has 0 atom stereocenters. The fourth-order valence-electron chi connectivity index (χ4n) is 3.87. The van der Waals surface area contributed by atoms with E-state index in [9.17, 15) is 0 Å². The predicted molar refractivity (Wildman–Crippen MR) is 125 cm³/mol. The molecule has 6 nitrogen and oxygen atoms in total. The lowest BCUT2D eigenvalue weighted by Crippen LogP contribution is -2.57. The van der Waals surface area contributed by atoms with E-state index in [0.717, 1.165) is 35.8 Å². The minimum atomic E-state index is 0.811. The molecule has 1 heterocycles. The Bertz CT molecular complexity index is 720. The molecule has 29 heavy (non-hydrogen) atoms. The number of hydrogen-bond donors (Lipinski definition) is 4. The Hall–Kier alpha value is -2.44. The van der Waals surface area contributed by atoms with Crippen molar-refractivity contribution in [2.75, 3.05) is 81.5 Å². The number of hydrogen-bond acceptors (Lipinski definition) is 5. The molecule has 0 radical (unpaired) electrons. The Balaban J connectivity index is 1.26. The van der Waals surface area contributed by atoms with Crippen LogP contribution in [0.5, 0.6) is 0 Å². The topological polar surface area (TPSA) is 79.3 Å². The lowest BCUT2D eigenvalue weighted by Gasteiger charge is -2.42. The number of likely N-dealkylation sites (N-methyl/N-ethyl adjacent to an activating group) is 1. The second-order valence-electron chi connectivity index (χ2n) is 8.44. The van der Waals surface area contributed by atoms with E-state index in [-0.39, 0.29) is 0 Å². The smallest absolute Gasteiger partial charge is 0.0914 e. The highest BCUT2D eigenvalue weighted by atomic mass is 15.4. The van der Waals surface area contributed by atoms with E-state index in [1.54, 1.807) is 0 Å². The van der Waals surface area contributed by atoms with Crippen LogP contribution >= 0.6 is 0 Å². The van der Waals surface area contributed by atoms with E-state index in [4.69, 9.17) is 11.5 Å². The van der Waals surface area contributed by atoms with Crippen LogP contribution in [0.1, 0.15) is 12.8 Å². The zero-order chi connectivity index (χ0) is 20.5. The average molecular weight is 398 g/mol. The summed E-state index contributed by atoms with van der Waals surface area (Å²) in [5, 5.41) is 6.98. The first-order valence-corrected chi connectivity index (χ1v) is 10.8. The number of nitrogen functional groups attached to an aromatic ring is 2. The lowest BCUT2D eigenvalue weighted by molar-refractivity contribution is -0.913. The van der Waals surface area contributed by atoms with Gasteiger partial charge in [0, 0.05) is 61.9 Å². The molecule has 0 unspecified atom stereocenters. The Labute approximate surface area is 175 Å². The minimum Gasteiger partial charge on any atom is -0.399 e. The van der Waals surface area contributed by atoms with Gasteiger partial charge in [-0.1, -0.05) is 0 Å². The third-order valence-corrected chi connectivity index (χ3v) is 5.92. The van der Waals surface area contributed by atoms with Crippen molar-refractivity contribution >= 4 is 22.7 Å². The van der Waals surface area contributed by atoms with Crippen molar-refractivity contribution < 1.29 is 4.48 Å². The normalized spacial score (nSPS) is 16.4. The highest BCUT2D eigenvalue weighted by molar-refractivity contribution is 5.51. The maximum atomic E-state index is 5.74. The van der Waals surface area contributed by atoms with Crippen molar-refractivity contribution in [1.82, 2.24) is 4.90 Å². The van der Waals surface area contributed by atoms with Gasteiger partial charge in [-0.05, 0) is 55.0 Å². The maximum Gasteiger partial charge on any atom is 0.0914 e. The highest BCUT2D eigenvalue weighted by Crippen LogP contribution is 2.14. The Morgan fingerprint density at radius 1 is 0.793 bits per heavy atom. The quantitative estimate of drug-likeness (QED) is 0.282. The van der Waals surface area contributed by atoms with Crippen LogP contribution in [0.4, 0.5) is 22.7 Å². The summed E-state index contributed by atoms with van der Waals surface area (Å²) in [4.78, 5) is 2.61. The highest BCUT2D eigenvalue weighted by Gasteiger charge is 2.27. The number of quaternary nitrogens is 1. The zero-order valence-electron chi connectivity index (χ0n) is 17.7. The molecule has 3 rings (SSSR count). The van der Waals surface area contributed by atoms with Crippen LogP contribution in [0.3, 0.4) is 0 Å². The molecule has 0 aliphatic carbocycles. The molecule has 2 aromatic rings. The molecule has 1 aliphatic rings. The SMILES string of the molecule is C[N+]1(CCCNc2ccc(N)cc2)CCN(CCCNc2ccc(N)cc2)CC1. The summed E-state index contributed by atoms with van der Waals surface area (Å²) in [6, 6.07) is 16.0. The van der Waals surface area contributed by atoms with Gasteiger partial charge in [0.2, 0.25) is 0 Å². The van der Waals surface area contributed by atoms with Gasteiger partial charge in [0.25, 0.3) is 0 Å². The van der Waals surface area contributed by atoms with Gasteiger partial charge in [0.1, 0.15) is 0 Å². The third-order valence-electron chi connectivity index (χ3n) is 5.92. The molecule has 1 fully saturated rings. The standard InChI is InChI=1S/C23H37N6/c1-29(17-3-13-27-23-10-6-21(25)7-11-23)18-15-28(16-19-29)14-2-12-26-22-8-4-20(24)5-9-22/h4-11,26-27H,2-3,12-19,24-25H2,1H3/q+1. The molecular weight excluding hydrogens is 360 g/mol. The molecule has 158 valence electrons. The molecule has 0 bridgehead atoms. The molecule has 6 N–H and O–H groups in total. The molecule has 1 saturated heterocycles. The number of nitrogens with zero attached hydrogens (tertiary/aromatic N) is 2. The van der Waals surface area contributed by atoms with Gasteiger partial charge in [0.15, 0.2) is 0 Å². The molecule has 0 amide bonds. The second kappa shape index (κ2) is 10.4. The van der Waals surface area contributed by atoms with Crippen molar-refractivity contribution in [3.8, 4) is 0 Å². The van der Waals surface area contributed by atoms with E-state index < -0.39 is 0 Å². The Kier molecular flexibility index (Phi) is 7.61. The first kappa shape index (κ1) is 21.3. The van der Waals surface area contributed by atoms with E-state index in [0.29, 0.717) is 0 Å².